The Morgan fingerprint density at radius 3 is 1.13 bits per heavy atom. The monoisotopic (exact) mass is 1020 g/mol. The van der Waals surface area contributed by atoms with Crippen LogP contribution >= 0.6 is 0 Å². The third-order valence-electron chi connectivity index (χ3n) is 10.6. The summed E-state index contributed by atoms with van der Waals surface area (Å²) < 4.78 is 31.9. The molecule has 392 valence electrons. The second-order valence-corrected chi connectivity index (χ2v) is 16.5. The van der Waals surface area contributed by atoms with E-state index < -0.39 is 36.1 Å². The molecule has 2 rings (SSSR count). The number of carbonyl (C=O) groups excluding carboxylic acids is 8. The van der Waals surface area contributed by atoms with Crippen LogP contribution in [0.15, 0.2) is 0 Å². The predicted molar refractivity (Wildman–Crippen MR) is 241 cm³/mol. The minimum Gasteiger partial charge on any atom is -0.548 e. The maximum atomic E-state index is 12.5. The number of ether oxygens (including phenoxy) is 6. The maximum absolute atomic E-state index is 12.5. The predicted octanol–water partition coefficient (Wildman–Crippen LogP) is -10.7. The van der Waals surface area contributed by atoms with Gasteiger partial charge in [-0.2, -0.15) is 0 Å². The zero-order valence-electron chi connectivity index (χ0n) is 42.4. The number of likely N-dealkylation sites (tertiary alicyclic amines) is 2. The number of carboxylic acids is 2. The standard InChI is InChI=1S/2C22H40N4O8.2Na/c2*1-17(2)20(22(30)31)25-21(29)18-4-3-8-26(18)9-6-24-19(28)5-10-32-12-14-34-15-13-33-11-7-23-16-27;;/h2*16-18,20H,3-15H2,1-2H3,(H,23,27)(H,24,28)(H,25,29)(H,30,31);;/q;;2*+1/p-2/t2*18-,20-;;/m00../s1. The molecule has 0 spiro atoms. The van der Waals surface area contributed by atoms with Gasteiger partial charge in [0.1, 0.15) is 0 Å². The van der Waals surface area contributed by atoms with Crippen LogP contribution in [0.25, 0.3) is 0 Å². The molecular weight excluding hydrogens is 943 g/mol. The zero-order chi connectivity index (χ0) is 50.4. The molecule has 0 aromatic rings. The van der Waals surface area contributed by atoms with Gasteiger partial charge in [0.05, 0.1) is 115 Å². The summed E-state index contributed by atoms with van der Waals surface area (Å²) in [7, 11) is 0. The van der Waals surface area contributed by atoms with Crippen LogP contribution in [0.1, 0.15) is 66.2 Å². The second-order valence-electron chi connectivity index (χ2n) is 16.5. The van der Waals surface area contributed by atoms with Crippen LogP contribution in [0, 0.1) is 11.8 Å². The van der Waals surface area contributed by atoms with Crippen molar-refractivity contribution in [3.8, 4) is 0 Å². The third-order valence-corrected chi connectivity index (χ3v) is 10.6. The normalized spacial score (nSPS) is 16.4. The van der Waals surface area contributed by atoms with Crippen molar-refractivity contribution in [3.05, 3.63) is 0 Å². The number of nitrogens with zero attached hydrogens (tertiary/aromatic N) is 2. The Bertz CT molecular complexity index is 1360. The Labute approximate surface area is 457 Å². The summed E-state index contributed by atoms with van der Waals surface area (Å²) in [6, 6.07) is -2.85. The summed E-state index contributed by atoms with van der Waals surface area (Å²) >= 11 is 0. The van der Waals surface area contributed by atoms with Crippen molar-refractivity contribution in [2.24, 2.45) is 11.8 Å². The molecule has 26 heteroatoms. The quantitative estimate of drug-likeness (QED) is 0.0189. The van der Waals surface area contributed by atoms with E-state index in [-0.39, 0.29) is 121 Å². The molecule has 0 saturated carbocycles. The van der Waals surface area contributed by atoms with Gasteiger partial charge in [0.15, 0.2) is 0 Å². The number of carbonyl (C=O) groups is 8. The first kappa shape index (κ1) is 69.5. The average molecular weight is 1020 g/mol. The summed E-state index contributed by atoms with van der Waals surface area (Å²) in [6.07, 6.45) is 4.65. The van der Waals surface area contributed by atoms with Gasteiger partial charge in [0.2, 0.25) is 36.4 Å². The fourth-order valence-corrected chi connectivity index (χ4v) is 6.92. The van der Waals surface area contributed by atoms with E-state index in [0.29, 0.717) is 131 Å². The summed E-state index contributed by atoms with van der Waals surface area (Å²) in [5.74, 6) is -4.04. The summed E-state index contributed by atoms with van der Waals surface area (Å²) in [5.41, 5.74) is 0. The van der Waals surface area contributed by atoms with E-state index >= 15 is 0 Å². The molecule has 2 fully saturated rings. The van der Waals surface area contributed by atoms with E-state index in [1.807, 2.05) is 9.80 Å². The topological polar surface area (TPSA) is 317 Å². The van der Waals surface area contributed by atoms with Crippen molar-refractivity contribution < 1.29 is 136 Å². The Kier molecular flexibility index (Phi) is 44.8. The Morgan fingerprint density at radius 1 is 0.514 bits per heavy atom. The molecule has 0 aromatic heterocycles. The van der Waals surface area contributed by atoms with Crippen LogP contribution in [0.5, 0.6) is 0 Å². The first-order chi connectivity index (χ1) is 32.7. The third kappa shape index (κ3) is 34.0. The first-order valence-corrected chi connectivity index (χ1v) is 23.6. The van der Waals surface area contributed by atoms with Gasteiger partial charge in [-0.05, 0) is 50.6 Å². The van der Waals surface area contributed by atoms with Crippen molar-refractivity contribution in [3.63, 3.8) is 0 Å². The van der Waals surface area contributed by atoms with Gasteiger partial charge in [-0.3, -0.25) is 38.6 Å². The molecule has 0 bridgehead atoms. The van der Waals surface area contributed by atoms with Gasteiger partial charge in [-0.15, -0.1) is 0 Å². The van der Waals surface area contributed by atoms with Crippen LogP contribution < -0.4 is 101 Å². The number of nitrogens with one attached hydrogen (secondary N) is 6. The molecule has 2 saturated heterocycles. The summed E-state index contributed by atoms with van der Waals surface area (Å²) in [5, 5.41) is 38.2. The minimum atomic E-state index is -1.29. The summed E-state index contributed by atoms with van der Waals surface area (Å²) in [6.45, 7) is 15.7. The number of carboxylic acid groups (broad SMARTS) is 2. The van der Waals surface area contributed by atoms with Gasteiger partial charge >= 0.3 is 59.1 Å². The van der Waals surface area contributed by atoms with E-state index in [0.717, 1.165) is 25.9 Å². The molecule has 24 nitrogen and oxygen atoms in total. The van der Waals surface area contributed by atoms with Gasteiger partial charge in [0, 0.05) is 52.1 Å². The van der Waals surface area contributed by atoms with E-state index in [1.165, 1.54) is 0 Å². The second kappa shape index (κ2) is 45.1. The molecule has 0 radical (unpaired) electrons. The maximum Gasteiger partial charge on any atom is 1.00 e. The van der Waals surface area contributed by atoms with Crippen LogP contribution in [0.3, 0.4) is 0 Å². The molecule has 70 heavy (non-hydrogen) atoms. The zero-order valence-corrected chi connectivity index (χ0v) is 46.4. The largest absolute Gasteiger partial charge is 1.00 e. The van der Waals surface area contributed by atoms with Crippen LogP contribution in [0.4, 0.5) is 0 Å². The van der Waals surface area contributed by atoms with Gasteiger partial charge in [0.25, 0.3) is 0 Å². The molecule has 2 aliphatic heterocycles. The van der Waals surface area contributed by atoms with Crippen molar-refractivity contribution in [1.29, 1.82) is 0 Å². The van der Waals surface area contributed by atoms with Crippen molar-refractivity contribution in [2.45, 2.75) is 90.4 Å². The molecular formula is C44H78N8Na2O16. The van der Waals surface area contributed by atoms with Crippen molar-refractivity contribution in [1.82, 2.24) is 41.7 Å². The Balaban J connectivity index is 0. The molecule has 2 heterocycles. The Hall–Kier alpha value is -2.56. The summed E-state index contributed by atoms with van der Waals surface area (Å²) in [4.78, 5) is 95.5. The van der Waals surface area contributed by atoms with Crippen LogP contribution in [-0.2, 0) is 66.8 Å². The molecule has 6 N–H and O–H groups in total. The molecule has 4 atom stereocenters. The van der Waals surface area contributed by atoms with Crippen molar-refractivity contribution in [2.75, 3.05) is 132 Å². The number of amides is 6. The van der Waals surface area contributed by atoms with Gasteiger partial charge < -0.3 is 80.1 Å². The smallest absolute Gasteiger partial charge is 0.548 e. The number of aliphatic carboxylic acids is 2. The fourth-order valence-electron chi connectivity index (χ4n) is 6.92. The molecule has 0 aliphatic carbocycles. The average Bonchev–Trinajstić information content (AvgIpc) is 3.98. The minimum absolute atomic E-state index is 0. The van der Waals surface area contributed by atoms with Crippen LogP contribution in [-0.4, -0.2) is 214 Å². The molecule has 2 aliphatic rings. The van der Waals surface area contributed by atoms with Gasteiger partial charge in [-0.1, -0.05) is 27.7 Å². The first-order valence-electron chi connectivity index (χ1n) is 23.6. The molecule has 0 aromatic carbocycles. The van der Waals surface area contributed by atoms with E-state index in [9.17, 15) is 48.6 Å². The number of rotatable bonds is 40. The van der Waals surface area contributed by atoms with Gasteiger partial charge in [-0.25, -0.2) is 0 Å². The van der Waals surface area contributed by atoms with E-state index in [2.05, 4.69) is 31.9 Å². The van der Waals surface area contributed by atoms with Crippen molar-refractivity contribution >= 4 is 48.4 Å². The van der Waals surface area contributed by atoms with E-state index in [1.54, 1.807) is 27.7 Å². The number of hydrogen-bond acceptors (Lipinski definition) is 18. The van der Waals surface area contributed by atoms with E-state index in [4.69, 9.17) is 28.4 Å². The Morgan fingerprint density at radius 2 is 0.829 bits per heavy atom. The molecule has 6 amide bonds. The SMILES string of the molecule is CC(C)[C@H](NC(=O)[C@@H]1CCCN1CCNC(=O)CCOCCOCCOCCNC=O)C(=O)[O-].CC(C)[C@H](NC(=O)[C@@H]1CCCN1CCNC(=O)CCOCCOCCOCCNC=O)C(=O)[O-].[Na+].[Na+]. The molecule has 0 unspecified atom stereocenters. The fraction of sp³-hybridized carbons (Fsp3) is 0.818. The number of hydrogen-bond donors (Lipinski definition) is 6. The van der Waals surface area contributed by atoms with Crippen LogP contribution in [0.2, 0.25) is 0 Å².